The van der Waals surface area contributed by atoms with Gasteiger partial charge in [-0.15, -0.1) is 0 Å². The van der Waals surface area contributed by atoms with E-state index < -0.39 is 17.7 Å². The van der Waals surface area contributed by atoms with Crippen LogP contribution in [0.1, 0.15) is 37.8 Å². The van der Waals surface area contributed by atoms with Crippen LogP contribution in [0.25, 0.3) is 0 Å². The predicted molar refractivity (Wildman–Crippen MR) is 68.6 cm³/mol. The van der Waals surface area contributed by atoms with Crippen LogP contribution in [0, 0.1) is 11.6 Å². The summed E-state index contributed by atoms with van der Waals surface area (Å²) in [5, 5.41) is 5.92. The summed E-state index contributed by atoms with van der Waals surface area (Å²) in [5.74, 6) is -1.35. The van der Waals surface area contributed by atoms with E-state index in [9.17, 15) is 13.6 Å². The number of nitrogens with one attached hydrogen (secondary N) is 2. The number of hydrogen-bond donors (Lipinski definition) is 2. The van der Waals surface area contributed by atoms with Gasteiger partial charge in [-0.25, -0.2) is 8.78 Å². The van der Waals surface area contributed by atoms with Crippen molar-refractivity contribution in [3.8, 4) is 0 Å². The van der Waals surface area contributed by atoms with Crippen molar-refractivity contribution in [2.75, 3.05) is 6.54 Å². The largest absolute Gasteiger partial charge is 0.348 e. The maximum Gasteiger partial charge on any atom is 0.237 e. The third-order valence-corrected chi connectivity index (χ3v) is 3.44. The second kappa shape index (κ2) is 6.10. The Hall–Kier alpha value is -1.49. The van der Waals surface area contributed by atoms with Crippen molar-refractivity contribution in [1.29, 1.82) is 0 Å². The molecule has 0 saturated carbocycles. The zero-order valence-corrected chi connectivity index (χ0v) is 10.9. The van der Waals surface area contributed by atoms with E-state index in [2.05, 4.69) is 10.6 Å². The van der Waals surface area contributed by atoms with Crippen LogP contribution in [0.4, 0.5) is 8.78 Å². The van der Waals surface area contributed by atoms with E-state index in [1.165, 1.54) is 12.1 Å². The van der Waals surface area contributed by atoms with Crippen molar-refractivity contribution in [3.05, 3.63) is 35.4 Å². The summed E-state index contributed by atoms with van der Waals surface area (Å²) in [6, 6.07) is 2.83. The summed E-state index contributed by atoms with van der Waals surface area (Å²) in [4.78, 5) is 12.0. The van der Waals surface area contributed by atoms with Gasteiger partial charge in [-0.2, -0.15) is 0 Å². The lowest BCUT2D eigenvalue weighted by Crippen LogP contribution is -2.42. The fraction of sp³-hybridized carbons (Fsp3) is 0.500. The van der Waals surface area contributed by atoms with Gasteiger partial charge in [-0.3, -0.25) is 4.79 Å². The molecule has 1 amide bonds. The molecule has 1 aromatic rings. The summed E-state index contributed by atoms with van der Waals surface area (Å²) < 4.78 is 26.6. The van der Waals surface area contributed by atoms with E-state index in [1.54, 1.807) is 0 Å². The third-order valence-electron chi connectivity index (χ3n) is 3.44. The number of carbonyl (C=O) groups excluding carboxylic acids is 1. The number of rotatable bonds is 4. The Kier molecular flexibility index (Phi) is 4.47. The molecule has 0 radical (unpaired) electrons. The van der Waals surface area contributed by atoms with Gasteiger partial charge in [-0.1, -0.05) is 13.0 Å². The molecule has 2 N–H and O–H groups in total. The molecule has 1 heterocycles. The lowest BCUT2D eigenvalue weighted by atomic mass is 10.0. The number of hydrogen-bond acceptors (Lipinski definition) is 2. The maximum atomic E-state index is 13.7. The summed E-state index contributed by atoms with van der Waals surface area (Å²) in [5.41, 5.74) is 0.329. The smallest absolute Gasteiger partial charge is 0.237 e. The first kappa shape index (κ1) is 13.9. The molecule has 1 fully saturated rings. The highest BCUT2D eigenvalue weighted by Crippen LogP contribution is 2.21. The highest BCUT2D eigenvalue weighted by atomic mass is 19.1. The van der Waals surface area contributed by atoms with E-state index in [1.807, 2.05) is 6.92 Å². The SMILES string of the molecule is CCC(NC(=O)C1CCCN1)c1ccc(F)cc1F. The van der Waals surface area contributed by atoms with E-state index in [0.29, 0.717) is 12.0 Å². The van der Waals surface area contributed by atoms with Crippen LogP contribution >= 0.6 is 0 Å². The minimum atomic E-state index is -0.619. The summed E-state index contributed by atoms with van der Waals surface area (Å²) >= 11 is 0. The fourth-order valence-corrected chi connectivity index (χ4v) is 2.36. The standard InChI is InChI=1S/C14H18F2N2O/c1-2-12(10-6-5-9(15)8-11(10)16)18-14(19)13-4-3-7-17-13/h5-6,8,12-13,17H,2-4,7H2,1H3,(H,18,19). The first-order valence-electron chi connectivity index (χ1n) is 6.60. The lowest BCUT2D eigenvalue weighted by molar-refractivity contribution is -0.123. The molecule has 1 aliphatic rings. The summed E-state index contributed by atoms with van der Waals surface area (Å²) in [6.07, 6.45) is 2.33. The van der Waals surface area contributed by atoms with Gasteiger partial charge < -0.3 is 10.6 Å². The zero-order valence-electron chi connectivity index (χ0n) is 10.9. The third kappa shape index (κ3) is 3.29. The predicted octanol–water partition coefficient (Wildman–Crippen LogP) is 2.28. The van der Waals surface area contributed by atoms with Crippen molar-refractivity contribution in [2.45, 2.75) is 38.3 Å². The van der Waals surface area contributed by atoms with Crippen LogP contribution in [0.3, 0.4) is 0 Å². The molecule has 1 aromatic carbocycles. The Bertz CT molecular complexity index is 459. The first-order chi connectivity index (χ1) is 9.11. The second-order valence-electron chi connectivity index (χ2n) is 4.78. The average molecular weight is 268 g/mol. The highest BCUT2D eigenvalue weighted by Gasteiger charge is 2.25. The molecule has 104 valence electrons. The van der Waals surface area contributed by atoms with Gasteiger partial charge in [0.1, 0.15) is 11.6 Å². The molecule has 0 aromatic heterocycles. The molecule has 0 aliphatic carbocycles. The molecule has 19 heavy (non-hydrogen) atoms. The van der Waals surface area contributed by atoms with Crippen molar-refractivity contribution >= 4 is 5.91 Å². The van der Waals surface area contributed by atoms with E-state index in [-0.39, 0.29) is 11.9 Å². The molecule has 2 unspecified atom stereocenters. The van der Waals surface area contributed by atoms with Gasteiger partial charge in [0.25, 0.3) is 0 Å². The fourth-order valence-electron chi connectivity index (χ4n) is 2.36. The Morgan fingerprint density at radius 2 is 2.32 bits per heavy atom. The highest BCUT2D eigenvalue weighted by molar-refractivity contribution is 5.82. The van der Waals surface area contributed by atoms with Crippen LogP contribution in [-0.2, 0) is 4.79 Å². The number of amides is 1. The van der Waals surface area contributed by atoms with Gasteiger partial charge in [0.2, 0.25) is 5.91 Å². The first-order valence-corrected chi connectivity index (χ1v) is 6.60. The molecule has 3 nitrogen and oxygen atoms in total. The van der Waals surface area contributed by atoms with Crippen LogP contribution < -0.4 is 10.6 Å². The average Bonchev–Trinajstić information content (AvgIpc) is 2.90. The zero-order chi connectivity index (χ0) is 13.8. The second-order valence-corrected chi connectivity index (χ2v) is 4.78. The minimum Gasteiger partial charge on any atom is -0.348 e. The quantitative estimate of drug-likeness (QED) is 0.879. The number of halogens is 2. The van der Waals surface area contributed by atoms with Crippen LogP contribution in [0.5, 0.6) is 0 Å². The van der Waals surface area contributed by atoms with Gasteiger partial charge in [-0.05, 0) is 31.9 Å². The molecular formula is C14H18F2N2O. The molecule has 2 atom stereocenters. The molecule has 0 spiro atoms. The Morgan fingerprint density at radius 1 is 1.53 bits per heavy atom. The molecular weight excluding hydrogens is 250 g/mol. The van der Waals surface area contributed by atoms with Crippen molar-refractivity contribution in [1.82, 2.24) is 10.6 Å². The van der Waals surface area contributed by atoms with Crippen LogP contribution in [-0.4, -0.2) is 18.5 Å². The van der Waals surface area contributed by atoms with Crippen LogP contribution in [0.2, 0.25) is 0 Å². The molecule has 5 heteroatoms. The number of carbonyl (C=O) groups is 1. The lowest BCUT2D eigenvalue weighted by Gasteiger charge is -2.20. The van der Waals surface area contributed by atoms with Crippen molar-refractivity contribution in [2.24, 2.45) is 0 Å². The molecule has 2 rings (SSSR count). The van der Waals surface area contributed by atoms with Crippen LogP contribution in [0.15, 0.2) is 18.2 Å². The van der Waals surface area contributed by atoms with E-state index in [4.69, 9.17) is 0 Å². The monoisotopic (exact) mass is 268 g/mol. The molecule has 1 saturated heterocycles. The van der Waals surface area contributed by atoms with Crippen molar-refractivity contribution in [3.63, 3.8) is 0 Å². The Morgan fingerprint density at radius 3 is 2.89 bits per heavy atom. The Balaban J connectivity index is 2.08. The Labute approximate surface area is 111 Å². The molecule has 0 bridgehead atoms. The van der Waals surface area contributed by atoms with Crippen molar-refractivity contribution < 1.29 is 13.6 Å². The van der Waals surface area contributed by atoms with Gasteiger partial charge in [0.15, 0.2) is 0 Å². The topological polar surface area (TPSA) is 41.1 Å². The van der Waals surface area contributed by atoms with E-state index in [0.717, 1.165) is 25.5 Å². The summed E-state index contributed by atoms with van der Waals surface area (Å²) in [6.45, 7) is 2.69. The van der Waals surface area contributed by atoms with E-state index >= 15 is 0 Å². The number of benzene rings is 1. The summed E-state index contributed by atoms with van der Waals surface area (Å²) in [7, 11) is 0. The molecule has 1 aliphatic heterocycles. The van der Waals surface area contributed by atoms with Gasteiger partial charge >= 0.3 is 0 Å². The maximum absolute atomic E-state index is 13.7. The van der Waals surface area contributed by atoms with Gasteiger partial charge in [0.05, 0.1) is 12.1 Å². The van der Waals surface area contributed by atoms with Gasteiger partial charge in [0, 0.05) is 11.6 Å². The minimum absolute atomic E-state index is 0.118. The normalized spacial score (nSPS) is 20.3.